The number of anilines is 1. The van der Waals surface area contributed by atoms with Crippen molar-refractivity contribution in [3.05, 3.63) is 58.1 Å². The number of ether oxygens (including phenoxy) is 1. The molecule has 0 amide bonds. The Kier molecular flexibility index (Phi) is 7.07. The molecule has 1 N–H and O–H groups in total. The third kappa shape index (κ3) is 5.63. The van der Waals surface area contributed by atoms with Gasteiger partial charge < -0.3 is 10.1 Å². The van der Waals surface area contributed by atoms with Crippen LogP contribution in [0.2, 0.25) is 10.0 Å². The van der Waals surface area contributed by atoms with Crippen molar-refractivity contribution in [2.45, 2.75) is 32.6 Å². The maximum Gasteiger partial charge on any atom is 0.137 e. The van der Waals surface area contributed by atoms with E-state index in [4.69, 9.17) is 27.9 Å². The van der Waals surface area contributed by atoms with E-state index in [0.717, 1.165) is 19.4 Å². The van der Waals surface area contributed by atoms with Gasteiger partial charge in [0.25, 0.3) is 0 Å². The highest BCUT2D eigenvalue weighted by molar-refractivity contribution is 6.35. The molecule has 0 aromatic heterocycles. The Balaban J connectivity index is 1.70. The molecule has 0 radical (unpaired) electrons. The normalized spacial score (nSPS) is 10.8. The lowest BCUT2D eigenvalue weighted by Gasteiger charge is -2.14. The second-order valence-corrected chi connectivity index (χ2v) is 6.64. The molecule has 23 heavy (non-hydrogen) atoms. The van der Waals surface area contributed by atoms with Crippen LogP contribution in [0.1, 0.15) is 38.2 Å². The molecule has 0 aliphatic carbocycles. The summed E-state index contributed by atoms with van der Waals surface area (Å²) in [6, 6.07) is 13.8. The van der Waals surface area contributed by atoms with Crippen molar-refractivity contribution in [1.29, 1.82) is 0 Å². The van der Waals surface area contributed by atoms with Gasteiger partial charge in [0.2, 0.25) is 0 Å². The van der Waals surface area contributed by atoms with Crippen LogP contribution in [0, 0.1) is 0 Å². The molecule has 0 heterocycles. The third-order valence-electron chi connectivity index (χ3n) is 3.62. The summed E-state index contributed by atoms with van der Waals surface area (Å²) in [6.45, 7) is 6.00. The number of rotatable bonds is 8. The van der Waals surface area contributed by atoms with Crippen molar-refractivity contribution >= 4 is 28.9 Å². The van der Waals surface area contributed by atoms with E-state index in [2.05, 4.69) is 43.4 Å². The van der Waals surface area contributed by atoms with E-state index in [9.17, 15) is 0 Å². The van der Waals surface area contributed by atoms with Crippen LogP contribution in [0.15, 0.2) is 42.5 Å². The minimum Gasteiger partial charge on any atom is -0.492 e. The topological polar surface area (TPSA) is 21.3 Å². The number of hydrogen-bond acceptors (Lipinski definition) is 2. The van der Waals surface area contributed by atoms with Gasteiger partial charge in [0.05, 0.1) is 11.6 Å². The molecule has 0 aliphatic heterocycles. The van der Waals surface area contributed by atoms with Crippen molar-refractivity contribution in [1.82, 2.24) is 0 Å². The number of unbranched alkanes of at least 4 members (excludes halogenated alkanes) is 1. The molecule has 2 nitrogen and oxygen atoms in total. The van der Waals surface area contributed by atoms with Gasteiger partial charge in [-0.25, -0.2) is 0 Å². The van der Waals surface area contributed by atoms with E-state index in [0.29, 0.717) is 28.3 Å². The maximum absolute atomic E-state index is 6.07. The minimum absolute atomic E-state index is 0.522. The fraction of sp³-hybridized carbons (Fsp3) is 0.368. The summed E-state index contributed by atoms with van der Waals surface area (Å²) in [5, 5.41) is 4.69. The fourth-order valence-corrected chi connectivity index (χ4v) is 2.85. The van der Waals surface area contributed by atoms with Gasteiger partial charge in [-0.1, -0.05) is 55.2 Å². The quantitative estimate of drug-likeness (QED) is 0.556. The van der Waals surface area contributed by atoms with Gasteiger partial charge in [0.15, 0.2) is 0 Å². The fourth-order valence-electron chi connectivity index (χ4n) is 2.39. The molecule has 0 unspecified atom stereocenters. The van der Waals surface area contributed by atoms with Gasteiger partial charge in [-0.2, -0.15) is 0 Å². The molecule has 0 saturated carbocycles. The molecular weight excluding hydrogens is 329 g/mol. The van der Waals surface area contributed by atoms with Crippen molar-refractivity contribution in [3.63, 3.8) is 0 Å². The van der Waals surface area contributed by atoms with Crippen LogP contribution in [0.3, 0.4) is 0 Å². The lowest BCUT2D eigenvalue weighted by molar-refractivity contribution is 0.308. The number of para-hydroxylation sites is 1. The zero-order chi connectivity index (χ0) is 16.7. The third-order valence-corrected chi connectivity index (χ3v) is 4.15. The van der Waals surface area contributed by atoms with Crippen LogP contribution >= 0.6 is 23.2 Å². The SMILES string of the molecule is CC(C)c1ccccc1NCCCCOc1ccc(Cl)cc1Cl. The predicted octanol–water partition coefficient (Wildman–Crippen LogP) is 6.39. The molecule has 0 atom stereocenters. The van der Waals surface area contributed by atoms with Gasteiger partial charge in [0, 0.05) is 17.3 Å². The first-order valence-electron chi connectivity index (χ1n) is 7.98. The number of halogens is 2. The highest BCUT2D eigenvalue weighted by atomic mass is 35.5. The van der Waals surface area contributed by atoms with E-state index < -0.39 is 0 Å². The molecule has 2 aromatic rings. The monoisotopic (exact) mass is 351 g/mol. The zero-order valence-electron chi connectivity index (χ0n) is 13.6. The van der Waals surface area contributed by atoms with E-state index in [1.165, 1.54) is 11.3 Å². The van der Waals surface area contributed by atoms with Gasteiger partial charge in [0.1, 0.15) is 5.75 Å². The van der Waals surface area contributed by atoms with Gasteiger partial charge >= 0.3 is 0 Å². The first kappa shape index (κ1) is 18.0. The van der Waals surface area contributed by atoms with Gasteiger partial charge in [-0.05, 0) is 48.6 Å². The van der Waals surface area contributed by atoms with Crippen molar-refractivity contribution in [2.24, 2.45) is 0 Å². The second-order valence-electron chi connectivity index (χ2n) is 5.80. The summed E-state index contributed by atoms with van der Waals surface area (Å²) in [4.78, 5) is 0. The first-order chi connectivity index (χ1) is 11.1. The Morgan fingerprint density at radius 3 is 2.57 bits per heavy atom. The number of hydrogen-bond donors (Lipinski definition) is 1. The summed E-state index contributed by atoms with van der Waals surface area (Å²) in [6.07, 6.45) is 2.01. The highest BCUT2D eigenvalue weighted by Crippen LogP contribution is 2.27. The molecule has 2 rings (SSSR count). The molecular formula is C19H23Cl2NO. The van der Waals surface area contributed by atoms with Crippen LogP contribution in [0.5, 0.6) is 5.75 Å². The number of benzene rings is 2. The van der Waals surface area contributed by atoms with Crippen LogP contribution in [0.4, 0.5) is 5.69 Å². The van der Waals surface area contributed by atoms with E-state index in [1.807, 2.05) is 6.07 Å². The van der Waals surface area contributed by atoms with Crippen LogP contribution in [-0.4, -0.2) is 13.2 Å². The molecule has 0 spiro atoms. The van der Waals surface area contributed by atoms with Crippen molar-refractivity contribution in [3.8, 4) is 5.75 Å². The summed E-state index contributed by atoms with van der Waals surface area (Å²) < 4.78 is 5.69. The predicted molar refractivity (Wildman–Crippen MR) is 100 cm³/mol. The lowest BCUT2D eigenvalue weighted by atomic mass is 10.0. The summed E-state index contributed by atoms with van der Waals surface area (Å²) >= 11 is 11.9. The molecule has 124 valence electrons. The van der Waals surface area contributed by atoms with E-state index >= 15 is 0 Å². The van der Waals surface area contributed by atoms with Crippen molar-refractivity contribution < 1.29 is 4.74 Å². The first-order valence-corrected chi connectivity index (χ1v) is 8.74. The van der Waals surface area contributed by atoms with E-state index in [-0.39, 0.29) is 0 Å². The second kappa shape index (κ2) is 9.05. The zero-order valence-corrected chi connectivity index (χ0v) is 15.1. The average Bonchev–Trinajstić information content (AvgIpc) is 2.52. The maximum atomic E-state index is 6.07. The molecule has 0 fully saturated rings. The molecule has 4 heteroatoms. The Hall–Kier alpha value is -1.38. The van der Waals surface area contributed by atoms with Gasteiger partial charge in [-0.3, -0.25) is 0 Å². The summed E-state index contributed by atoms with van der Waals surface area (Å²) in [7, 11) is 0. The smallest absolute Gasteiger partial charge is 0.137 e. The Bertz CT molecular complexity index is 629. The van der Waals surface area contributed by atoms with Crippen LogP contribution in [0.25, 0.3) is 0 Å². The molecule has 0 aliphatic rings. The van der Waals surface area contributed by atoms with Crippen LogP contribution < -0.4 is 10.1 Å². The van der Waals surface area contributed by atoms with Gasteiger partial charge in [-0.15, -0.1) is 0 Å². The summed E-state index contributed by atoms with van der Waals surface area (Å²) in [5.41, 5.74) is 2.58. The minimum atomic E-state index is 0.522. The summed E-state index contributed by atoms with van der Waals surface area (Å²) in [5.74, 6) is 1.21. The molecule has 0 bridgehead atoms. The molecule has 2 aromatic carbocycles. The van der Waals surface area contributed by atoms with Crippen LogP contribution in [-0.2, 0) is 0 Å². The van der Waals surface area contributed by atoms with E-state index in [1.54, 1.807) is 12.1 Å². The number of nitrogens with one attached hydrogen (secondary N) is 1. The Morgan fingerprint density at radius 1 is 1.04 bits per heavy atom. The largest absolute Gasteiger partial charge is 0.492 e. The highest BCUT2D eigenvalue weighted by Gasteiger charge is 2.05. The Morgan fingerprint density at radius 2 is 1.83 bits per heavy atom. The Labute approximate surface area is 148 Å². The van der Waals surface area contributed by atoms with Crippen molar-refractivity contribution in [2.75, 3.05) is 18.5 Å². The molecule has 0 saturated heterocycles. The standard InChI is InChI=1S/C19H23Cl2NO/c1-14(2)16-7-3-4-8-18(16)22-11-5-6-12-23-19-10-9-15(20)13-17(19)21/h3-4,7-10,13-14,22H,5-6,11-12H2,1-2H3. The lowest BCUT2D eigenvalue weighted by Crippen LogP contribution is -2.07. The average molecular weight is 352 g/mol.